The molecule has 0 unspecified atom stereocenters. The minimum atomic E-state index is -0.682. The molecule has 0 N–H and O–H groups in total. The summed E-state index contributed by atoms with van der Waals surface area (Å²) < 4.78 is 11.9. The van der Waals surface area contributed by atoms with E-state index < -0.39 is 6.10 Å². The van der Waals surface area contributed by atoms with Gasteiger partial charge in [0.1, 0.15) is 11.3 Å². The fraction of sp³-hybridized carbons (Fsp3) is 0.385. The highest BCUT2D eigenvalue weighted by Gasteiger charge is 2.36. The maximum absolute atomic E-state index is 13.5. The summed E-state index contributed by atoms with van der Waals surface area (Å²) in [5.41, 5.74) is 4.64. The Bertz CT molecular complexity index is 1180. The van der Waals surface area contributed by atoms with Crippen molar-refractivity contribution in [1.29, 1.82) is 0 Å². The van der Waals surface area contributed by atoms with Gasteiger partial charge in [-0.3, -0.25) is 9.59 Å². The summed E-state index contributed by atoms with van der Waals surface area (Å²) in [6.07, 6.45) is 4.39. The Labute approximate surface area is 187 Å². The van der Waals surface area contributed by atoms with Crippen molar-refractivity contribution in [3.8, 4) is 5.75 Å². The molecular formula is C26H28N2O4. The summed E-state index contributed by atoms with van der Waals surface area (Å²) >= 11 is 0. The van der Waals surface area contributed by atoms with Crippen molar-refractivity contribution in [2.45, 2.75) is 45.6 Å². The molecule has 0 aliphatic carbocycles. The van der Waals surface area contributed by atoms with E-state index in [-0.39, 0.29) is 24.8 Å². The number of likely N-dealkylation sites (tertiary alicyclic amines) is 1. The molecule has 166 valence electrons. The monoisotopic (exact) mass is 432 g/mol. The predicted molar refractivity (Wildman–Crippen MR) is 123 cm³/mol. The number of hydrogen-bond donors (Lipinski definition) is 0. The van der Waals surface area contributed by atoms with Crippen molar-refractivity contribution < 1.29 is 18.7 Å². The highest BCUT2D eigenvalue weighted by Crippen LogP contribution is 2.35. The Morgan fingerprint density at radius 1 is 1.03 bits per heavy atom. The van der Waals surface area contributed by atoms with Crippen molar-refractivity contribution in [2.75, 3.05) is 24.5 Å². The third kappa shape index (κ3) is 3.64. The summed E-state index contributed by atoms with van der Waals surface area (Å²) in [5, 5.41) is 0.962. The van der Waals surface area contributed by atoms with Crippen molar-refractivity contribution in [2.24, 2.45) is 0 Å². The second kappa shape index (κ2) is 8.34. The number of anilines is 1. The van der Waals surface area contributed by atoms with Crippen LogP contribution in [0.2, 0.25) is 0 Å². The van der Waals surface area contributed by atoms with Crippen molar-refractivity contribution in [1.82, 2.24) is 4.90 Å². The van der Waals surface area contributed by atoms with Crippen LogP contribution < -0.4 is 9.64 Å². The number of rotatable bonds is 3. The summed E-state index contributed by atoms with van der Waals surface area (Å²) in [7, 11) is 0. The van der Waals surface area contributed by atoms with Gasteiger partial charge in [-0.2, -0.15) is 0 Å². The molecule has 2 amide bonds. The molecule has 3 heterocycles. The highest BCUT2D eigenvalue weighted by molar-refractivity contribution is 6.00. The Morgan fingerprint density at radius 3 is 2.62 bits per heavy atom. The summed E-state index contributed by atoms with van der Waals surface area (Å²) in [6, 6.07) is 11.5. The molecule has 2 aliphatic heterocycles. The first-order valence-electron chi connectivity index (χ1n) is 11.3. The molecule has 1 aromatic heterocycles. The second-order valence-electron chi connectivity index (χ2n) is 8.79. The third-order valence-corrected chi connectivity index (χ3v) is 6.70. The molecule has 32 heavy (non-hydrogen) atoms. The first-order chi connectivity index (χ1) is 15.5. The van der Waals surface area contributed by atoms with Crippen molar-refractivity contribution in [3.05, 3.63) is 59.4 Å². The SMILES string of the molecule is Cc1ccc2c(CC(=O)N3C[C@@H](C(=O)N4CCCCC4)Oc4ccccc43)coc2c1C. The normalized spacial score (nSPS) is 18.4. The van der Waals surface area contributed by atoms with E-state index in [4.69, 9.17) is 9.15 Å². The number of carbonyl (C=O) groups excluding carboxylic acids is 2. The molecule has 1 atom stereocenters. The molecule has 1 saturated heterocycles. The highest BCUT2D eigenvalue weighted by atomic mass is 16.5. The average Bonchev–Trinajstić information content (AvgIpc) is 3.24. The van der Waals surface area contributed by atoms with Crippen molar-refractivity contribution >= 4 is 28.5 Å². The summed E-state index contributed by atoms with van der Waals surface area (Å²) in [6.45, 7) is 5.81. The lowest BCUT2D eigenvalue weighted by atomic mass is 10.0. The van der Waals surface area contributed by atoms with E-state index in [1.165, 1.54) is 0 Å². The second-order valence-corrected chi connectivity index (χ2v) is 8.79. The van der Waals surface area contributed by atoms with E-state index in [0.29, 0.717) is 11.4 Å². The van der Waals surface area contributed by atoms with Crippen LogP contribution in [0.25, 0.3) is 11.0 Å². The first-order valence-corrected chi connectivity index (χ1v) is 11.3. The maximum atomic E-state index is 13.5. The maximum Gasteiger partial charge on any atom is 0.265 e. The lowest BCUT2D eigenvalue weighted by Gasteiger charge is -2.37. The number of nitrogens with zero attached hydrogens (tertiary/aromatic N) is 2. The van der Waals surface area contributed by atoms with Gasteiger partial charge in [0.2, 0.25) is 5.91 Å². The van der Waals surface area contributed by atoms with Gasteiger partial charge in [0.15, 0.2) is 6.10 Å². The molecule has 0 bridgehead atoms. The predicted octanol–water partition coefficient (Wildman–Crippen LogP) is 4.40. The number of aryl methyl sites for hydroxylation is 2. The minimum absolute atomic E-state index is 0.0307. The van der Waals surface area contributed by atoms with E-state index in [2.05, 4.69) is 6.07 Å². The van der Waals surface area contributed by atoms with E-state index >= 15 is 0 Å². The molecular weight excluding hydrogens is 404 g/mol. The zero-order valence-corrected chi connectivity index (χ0v) is 18.6. The molecule has 3 aromatic rings. The van der Waals surface area contributed by atoms with Crippen LogP contribution >= 0.6 is 0 Å². The molecule has 6 heteroatoms. The van der Waals surface area contributed by atoms with Crippen LogP contribution in [0, 0.1) is 13.8 Å². The van der Waals surface area contributed by atoms with Crippen LogP contribution in [-0.2, 0) is 16.0 Å². The van der Waals surface area contributed by atoms with Gasteiger partial charge < -0.3 is 19.0 Å². The number of ether oxygens (including phenoxy) is 1. The zero-order chi connectivity index (χ0) is 22.2. The van der Waals surface area contributed by atoms with E-state index in [0.717, 1.165) is 60.0 Å². The molecule has 1 fully saturated rings. The molecule has 0 spiro atoms. The Kier molecular flexibility index (Phi) is 5.37. The summed E-state index contributed by atoms with van der Waals surface area (Å²) in [5.74, 6) is 0.473. The van der Waals surface area contributed by atoms with Crippen molar-refractivity contribution in [3.63, 3.8) is 0 Å². The number of furan rings is 1. The molecule has 0 radical (unpaired) electrons. The Hall–Kier alpha value is -3.28. The Morgan fingerprint density at radius 2 is 1.81 bits per heavy atom. The largest absolute Gasteiger partial charge is 0.476 e. The molecule has 0 saturated carbocycles. The zero-order valence-electron chi connectivity index (χ0n) is 18.6. The first kappa shape index (κ1) is 20.6. The lowest BCUT2D eigenvalue weighted by molar-refractivity contribution is -0.139. The molecule has 2 aliphatic rings. The minimum Gasteiger partial charge on any atom is -0.476 e. The average molecular weight is 433 g/mol. The number of amides is 2. The fourth-order valence-corrected chi connectivity index (χ4v) is 4.70. The lowest BCUT2D eigenvalue weighted by Crippen LogP contribution is -2.53. The smallest absolute Gasteiger partial charge is 0.265 e. The molecule has 2 aromatic carbocycles. The van der Waals surface area contributed by atoms with Crippen LogP contribution in [0.4, 0.5) is 5.69 Å². The van der Waals surface area contributed by atoms with Gasteiger partial charge in [-0.05, 0) is 56.4 Å². The molecule has 5 rings (SSSR count). The number of piperidine rings is 1. The van der Waals surface area contributed by atoms with Crippen LogP contribution in [-0.4, -0.2) is 42.5 Å². The quantitative estimate of drug-likeness (QED) is 0.616. The van der Waals surface area contributed by atoms with Crippen LogP contribution in [0.15, 0.2) is 47.1 Å². The number of fused-ring (bicyclic) bond motifs is 2. The van der Waals surface area contributed by atoms with Crippen LogP contribution in [0.5, 0.6) is 5.75 Å². The number of hydrogen-bond acceptors (Lipinski definition) is 4. The van der Waals surface area contributed by atoms with E-state index in [1.54, 1.807) is 11.2 Å². The van der Waals surface area contributed by atoms with Gasteiger partial charge in [-0.1, -0.05) is 24.3 Å². The van der Waals surface area contributed by atoms with E-state index in [9.17, 15) is 9.59 Å². The number of carbonyl (C=O) groups is 2. The number of para-hydroxylation sites is 2. The third-order valence-electron chi connectivity index (χ3n) is 6.70. The van der Waals surface area contributed by atoms with E-state index in [1.807, 2.05) is 49.1 Å². The van der Waals surface area contributed by atoms with Gasteiger partial charge in [0.25, 0.3) is 5.91 Å². The fourth-order valence-electron chi connectivity index (χ4n) is 4.70. The number of benzene rings is 2. The van der Waals surface area contributed by atoms with Gasteiger partial charge >= 0.3 is 0 Å². The molecule has 6 nitrogen and oxygen atoms in total. The Balaban J connectivity index is 1.42. The van der Waals surface area contributed by atoms with Crippen LogP contribution in [0.1, 0.15) is 36.0 Å². The topological polar surface area (TPSA) is 63.0 Å². The summed E-state index contributed by atoms with van der Waals surface area (Å²) in [4.78, 5) is 30.2. The van der Waals surface area contributed by atoms with Gasteiger partial charge in [0.05, 0.1) is 24.9 Å². The van der Waals surface area contributed by atoms with Crippen LogP contribution in [0.3, 0.4) is 0 Å². The van der Waals surface area contributed by atoms with Gasteiger partial charge in [-0.25, -0.2) is 0 Å². The van der Waals surface area contributed by atoms with Gasteiger partial charge in [0, 0.05) is 24.0 Å². The van der Waals surface area contributed by atoms with Gasteiger partial charge in [-0.15, -0.1) is 0 Å². The standard InChI is InChI=1S/C26H28N2O4/c1-17-10-11-20-19(16-31-25(20)18(17)2)14-24(29)28-15-23(26(30)27-12-6-3-7-13-27)32-22-9-5-4-8-21(22)28/h4-5,8-11,16,23H,3,6-7,12-15H2,1-2H3/t23-/m0/s1.